The average Bonchev–Trinajstić information content (AvgIpc) is 2.68. The molecule has 2 aromatic carbocycles. The highest BCUT2D eigenvalue weighted by molar-refractivity contribution is 9.10. The molecule has 0 aliphatic rings. The molecule has 0 fully saturated rings. The smallest absolute Gasteiger partial charge is 0.328 e. The molecule has 1 amide bonds. The van der Waals surface area contributed by atoms with Crippen LogP contribution in [0.25, 0.3) is 10.9 Å². The van der Waals surface area contributed by atoms with Crippen LogP contribution in [0.5, 0.6) is 0 Å². The van der Waals surface area contributed by atoms with Crippen LogP contribution in [0.2, 0.25) is 5.02 Å². The number of nitrogens with one attached hydrogen (secondary N) is 1. The van der Waals surface area contributed by atoms with Crippen LogP contribution in [0.1, 0.15) is 15.9 Å². The Kier molecular flexibility index (Phi) is 6.44. The third kappa shape index (κ3) is 4.38. The number of amides is 1. The van der Waals surface area contributed by atoms with E-state index in [9.17, 15) is 18.4 Å². The van der Waals surface area contributed by atoms with Gasteiger partial charge in [-0.15, -0.1) is 0 Å². The quantitative estimate of drug-likeness (QED) is 0.545. The van der Waals surface area contributed by atoms with Gasteiger partial charge in [-0.2, -0.15) is 0 Å². The van der Waals surface area contributed by atoms with Crippen LogP contribution in [-0.4, -0.2) is 30.0 Å². The summed E-state index contributed by atoms with van der Waals surface area (Å²) in [6.45, 7) is 0. The van der Waals surface area contributed by atoms with E-state index in [0.29, 0.717) is 26.0 Å². The molecule has 0 spiro atoms. The Morgan fingerprint density at radius 2 is 1.90 bits per heavy atom. The number of esters is 1. The summed E-state index contributed by atoms with van der Waals surface area (Å²) in [5, 5.41) is 3.44. The number of aromatic nitrogens is 1. The minimum Gasteiger partial charge on any atom is -0.467 e. The molecule has 1 heterocycles. The van der Waals surface area contributed by atoms with Crippen molar-refractivity contribution in [3.05, 3.63) is 74.9 Å². The summed E-state index contributed by atoms with van der Waals surface area (Å²) >= 11 is 9.65. The second-order valence-corrected chi connectivity index (χ2v) is 7.33. The minimum atomic E-state index is -1.20. The second-order valence-electron chi connectivity index (χ2n) is 6.07. The molecule has 3 rings (SSSR count). The highest BCUT2D eigenvalue weighted by atomic mass is 79.9. The highest BCUT2D eigenvalue weighted by Gasteiger charge is 2.27. The molecule has 9 heteroatoms. The van der Waals surface area contributed by atoms with Gasteiger partial charge in [-0.05, 0) is 29.8 Å². The summed E-state index contributed by atoms with van der Waals surface area (Å²) in [5.74, 6) is -3.90. The zero-order chi connectivity index (χ0) is 21.1. The lowest BCUT2D eigenvalue weighted by Crippen LogP contribution is -2.43. The molecule has 1 unspecified atom stereocenters. The molecule has 3 aromatic rings. The maximum atomic E-state index is 13.9. The van der Waals surface area contributed by atoms with Gasteiger partial charge in [-0.25, -0.2) is 13.6 Å². The van der Waals surface area contributed by atoms with Gasteiger partial charge in [-0.3, -0.25) is 9.78 Å². The molecular formula is C20H14BrClF2N2O3. The van der Waals surface area contributed by atoms with E-state index >= 15 is 0 Å². The normalized spacial score (nSPS) is 11.9. The lowest BCUT2D eigenvalue weighted by atomic mass is 10.0. The topological polar surface area (TPSA) is 68.3 Å². The van der Waals surface area contributed by atoms with Gasteiger partial charge in [-0.1, -0.05) is 39.7 Å². The number of carbonyl (C=O) groups excluding carboxylic acids is 2. The first-order valence-electron chi connectivity index (χ1n) is 8.37. The number of pyridine rings is 1. The van der Waals surface area contributed by atoms with Gasteiger partial charge in [0.05, 0.1) is 17.6 Å². The molecule has 0 aliphatic carbocycles. The fourth-order valence-electron chi connectivity index (χ4n) is 2.91. The molecular weight excluding hydrogens is 470 g/mol. The monoisotopic (exact) mass is 482 g/mol. The standard InChI is InChI=1S/C20H14BrClF2N2O3/c1-29-20(28)15(26-19(27)17-13(23)3-2-4-14(17)24)9-10-5-6-11(21)16-12(22)7-8-25-18(10)16/h2-8,15H,9H2,1H3,(H,26,27). The fourth-order valence-corrected chi connectivity index (χ4v) is 3.81. The third-order valence-corrected chi connectivity index (χ3v) is 5.25. The number of fused-ring (bicyclic) bond motifs is 1. The van der Waals surface area contributed by atoms with Crippen LogP contribution >= 0.6 is 27.5 Å². The van der Waals surface area contributed by atoms with Crippen molar-refractivity contribution < 1.29 is 23.1 Å². The molecule has 0 radical (unpaired) electrons. The fraction of sp³-hybridized carbons (Fsp3) is 0.150. The van der Waals surface area contributed by atoms with Crippen LogP contribution in [0, 0.1) is 11.6 Å². The number of hydrogen-bond donors (Lipinski definition) is 1. The number of halogens is 4. The molecule has 0 saturated carbocycles. The Morgan fingerprint density at radius 3 is 2.55 bits per heavy atom. The van der Waals surface area contributed by atoms with Crippen molar-refractivity contribution in [3.63, 3.8) is 0 Å². The molecule has 1 N–H and O–H groups in total. The summed E-state index contributed by atoms with van der Waals surface area (Å²) in [5.41, 5.74) is 0.339. The molecule has 1 aromatic heterocycles. The predicted octanol–water partition coefficient (Wildman–Crippen LogP) is 4.44. The molecule has 29 heavy (non-hydrogen) atoms. The number of carbonyl (C=O) groups is 2. The Hall–Kier alpha value is -2.58. The lowest BCUT2D eigenvalue weighted by Gasteiger charge is -2.18. The summed E-state index contributed by atoms with van der Waals surface area (Å²) in [7, 11) is 1.15. The molecule has 5 nitrogen and oxygen atoms in total. The zero-order valence-corrected chi connectivity index (χ0v) is 17.4. The third-order valence-electron chi connectivity index (χ3n) is 4.28. The predicted molar refractivity (Wildman–Crippen MR) is 108 cm³/mol. The van der Waals surface area contributed by atoms with Crippen molar-refractivity contribution in [1.82, 2.24) is 10.3 Å². The zero-order valence-electron chi connectivity index (χ0n) is 15.0. The first kappa shape index (κ1) is 21.1. The molecule has 0 aliphatic heterocycles. The summed E-state index contributed by atoms with van der Waals surface area (Å²) in [4.78, 5) is 29.0. The molecule has 0 bridgehead atoms. The van der Waals surface area contributed by atoms with Crippen LogP contribution in [0.3, 0.4) is 0 Å². The van der Waals surface area contributed by atoms with Gasteiger partial charge in [0.2, 0.25) is 0 Å². The van der Waals surface area contributed by atoms with Crippen molar-refractivity contribution in [1.29, 1.82) is 0 Å². The first-order valence-corrected chi connectivity index (χ1v) is 9.55. The Labute approximate surface area is 178 Å². The minimum absolute atomic E-state index is 0.0222. The maximum absolute atomic E-state index is 13.9. The summed E-state index contributed by atoms with van der Waals surface area (Å²) in [6, 6.07) is 6.93. The lowest BCUT2D eigenvalue weighted by molar-refractivity contribution is -0.142. The summed E-state index contributed by atoms with van der Waals surface area (Å²) < 4.78 is 33.3. The largest absolute Gasteiger partial charge is 0.467 e. The van der Waals surface area contributed by atoms with Gasteiger partial charge >= 0.3 is 5.97 Å². The van der Waals surface area contributed by atoms with Crippen molar-refractivity contribution >= 4 is 50.3 Å². The SMILES string of the molecule is COC(=O)C(Cc1ccc(Br)c2c(Cl)ccnc12)NC(=O)c1c(F)cccc1F. The van der Waals surface area contributed by atoms with Gasteiger partial charge in [0, 0.05) is 22.5 Å². The van der Waals surface area contributed by atoms with Gasteiger partial charge in [0.15, 0.2) is 0 Å². The average molecular weight is 484 g/mol. The van der Waals surface area contributed by atoms with E-state index in [1.54, 1.807) is 18.2 Å². The number of rotatable bonds is 5. The van der Waals surface area contributed by atoms with E-state index in [1.807, 2.05) is 0 Å². The van der Waals surface area contributed by atoms with E-state index in [-0.39, 0.29) is 6.42 Å². The molecule has 0 saturated heterocycles. The second kappa shape index (κ2) is 8.84. The van der Waals surface area contributed by atoms with Crippen molar-refractivity contribution in [2.75, 3.05) is 7.11 Å². The van der Waals surface area contributed by atoms with E-state index in [2.05, 4.69) is 26.2 Å². The first-order chi connectivity index (χ1) is 13.8. The Morgan fingerprint density at radius 1 is 1.21 bits per heavy atom. The van der Waals surface area contributed by atoms with Crippen LogP contribution < -0.4 is 5.32 Å². The van der Waals surface area contributed by atoms with Crippen molar-refractivity contribution in [3.8, 4) is 0 Å². The molecule has 150 valence electrons. The number of ether oxygens (including phenoxy) is 1. The van der Waals surface area contributed by atoms with E-state index in [0.717, 1.165) is 25.3 Å². The van der Waals surface area contributed by atoms with Gasteiger partial charge in [0.25, 0.3) is 5.91 Å². The number of nitrogens with zero attached hydrogens (tertiary/aromatic N) is 1. The Balaban J connectivity index is 1.97. The molecule has 1 atom stereocenters. The highest BCUT2D eigenvalue weighted by Crippen LogP contribution is 2.32. The maximum Gasteiger partial charge on any atom is 0.328 e. The number of benzene rings is 2. The van der Waals surface area contributed by atoms with E-state index in [4.69, 9.17) is 16.3 Å². The van der Waals surface area contributed by atoms with E-state index < -0.39 is 35.1 Å². The van der Waals surface area contributed by atoms with Crippen LogP contribution in [0.4, 0.5) is 8.78 Å². The van der Waals surface area contributed by atoms with Crippen LogP contribution in [0.15, 0.2) is 47.1 Å². The summed E-state index contributed by atoms with van der Waals surface area (Å²) in [6.07, 6.45) is 1.49. The van der Waals surface area contributed by atoms with Gasteiger partial charge in [0.1, 0.15) is 23.2 Å². The number of hydrogen-bond acceptors (Lipinski definition) is 4. The Bertz CT molecular complexity index is 1080. The van der Waals surface area contributed by atoms with Crippen molar-refractivity contribution in [2.45, 2.75) is 12.5 Å². The number of methoxy groups -OCH3 is 1. The van der Waals surface area contributed by atoms with Gasteiger partial charge < -0.3 is 10.1 Å². The van der Waals surface area contributed by atoms with Crippen LogP contribution in [-0.2, 0) is 16.0 Å². The van der Waals surface area contributed by atoms with Crippen molar-refractivity contribution in [2.24, 2.45) is 0 Å². The van der Waals surface area contributed by atoms with E-state index in [1.165, 1.54) is 6.20 Å².